The van der Waals surface area contributed by atoms with Crippen LogP contribution < -0.4 is 10.6 Å². The van der Waals surface area contributed by atoms with Crippen molar-refractivity contribution in [3.8, 4) is 6.07 Å². The van der Waals surface area contributed by atoms with Crippen LogP contribution in [0.4, 0.5) is 16.6 Å². The van der Waals surface area contributed by atoms with Crippen molar-refractivity contribution in [1.29, 1.82) is 5.26 Å². The van der Waals surface area contributed by atoms with Crippen molar-refractivity contribution in [2.75, 3.05) is 16.4 Å². The maximum Gasteiger partial charge on any atom is 0.236 e. The van der Waals surface area contributed by atoms with Crippen molar-refractivity contribution in [3.63, 3.8) is 0 Å². The number of thioether (sulfide) groups is 1. The van der Waals surface area contributed by atoms with Gasteiger partial charge in [0.1, 0.15) is 11.9 Å². The number of nitrogens with one attached hydrogen (secondary N) is 2. The molecule has 9 nitrogen and oxygen atoms in total. The number of hydrogen-bond acceptors (Lipinski definition) is 9. The Kier molecular flexibility index (Phi) is 6.19. The zero-order valence-electron chi connectivity index (χ0n) is 19.5. The number of ether oxygens (including phenoxy) is 1. The number of amides is 1. The van der Waals surface area contributed by atoms with Crippen LogP contribution in [0.15, 0.2) is 41.0 Å². The number of benzene rings is 1. The number of pyridine rings is 1. The molecule has 4 aromatic rings. The lowest BCUT2D eigenvalue weighted by Gasteiger charge is -2.33. The van der Waals surface area contributed by atoms with Gasteiger partial charge in [-0.15, -0.1) is 21.5 Å². The monoisotopic (exact) mass is 505 g/mol. The number of rotatable bonds is 6. The largest absolute Gasteiger partial charge is 0.370 e. The SMILES string of the molecule is Cc1ccc(Nc2c(C#N)c3c(c4nnc(SCC(=O)Nc5nccs5)n24)COC(C)(C)C3)cc1. The van der Waals surface area contributed by atoms with E-state index in [1.165, 1.54) is 23.1 Å². The molecule has 0 saturated carbocycles. The molecule has 1 amide bonds. The van der Waals surface area contributed by atoms with Crippen molar-refractivity contribution < 1.29 is 9.53 Å². The van der Waals surface area contributed by atoms with E-state index in [0.717, 1.165) is 22.4 Å². The Morgan fingerprint density at radius 2 is 2.09 bits per heavy atom. The summed E-state index contributed by atoms with van der Waals surface area (Å²) in [4.78, 5) is 16.6. The van der Waals surface area contributed by atoms with E-state index in [2.05, 4.69) is 31.9 Å². The van der Waals surface area contributed by atoms with Gasteiger partial charge in [0.2, 0.25) is 5.91 Å². The Balaban J connectivity index is 1.58. The van der Waals surface area contributed by atoms with Crippen molar-refractivity contribution in [3.05, 3.63) is 58.1 Å². The van der Waals surface area contributed by atoms with E-state index in [9.17, 15) is 10.1 Å². The quantitative estimate of drug-likeness (QED) is 0.363. The molecule has 2 N–H and O–H groups in total. The van der Waals surface area contributed by atoms with E-state index in [4.69, 9.17) is 4.74 Å². The fourth-order valence-electron chi connectivity index (χ4n) is 3.98. The van der Waals surface area contributed by atoms with Crippen LogP contribution in [0.3, 0.4) is 0 Å². The molecule has 0 radical (unpaired) electrons. The Labute approximate surface area is 210 Å². The van der Waals surface area contributed by atoms with Crippen LogP contribution in [-0.4, -0.2) is 36.8 Å². The van der Waals surface area contributed by atoms with Gasteiger partial charge in [-0.2, -0.15) is 5.26 Å². The lowest BCUT2D eigenvalue weighted by atomic mass is 9.89. The van der Waals surface area contributed by atoms with Crippen molar-refractivity contribution >= 4 is 51.3 Å². The molecule has 1 aliphatic rings. The maximum atomic E-state index is 12.5. The summed E-state index contributed by atoms with van der Waals surface area (Å²) in [5, 5.41) is 28.1. The number of thiazole rings is 1. The number of carbonyl (C=O) groups is 1. The summed E-state index contributed by atoms with van der Waals surface area (Å²) in [6.45, 7) is 6.38. The van der Waals surface area contributed by atoms with Crippen molar-refractivity contribution in [2.45, 2.75) is 44.6 Å². The van der Waals surface area contributed by atoms with Gasteiger partial charge < -0.3 is 15.4 Å². The molecule has 1 aromatic carbocycles. The predicted octanol–water partition coefficient (Wildman–Crippen LogP) is 4.69. The van der Waals surface area contributed by atoms with Crippen molar-refractivity contribution in [1.82, 2.24) is 19.6 Å². The highest BCUT2D eigenvalue weighted by Crippen LogP contribution is 2.38. The number of aryl methyl sites for hydroxylation is 1. The Morgan fingerprint density at radius 1 is 1.29 bits per heavy atom. The van der Waals surface area contributed by atoms with Gasteiger partial charge in [-0.1, -0.05) is 29.5 Å². The summed E-state index contributed by atoms with van der Waals surface area (Å²) in [5.74, 6) is 0.501. The van der Waals surface area contributed by atoms with Crippen LogP contribution in [0, 0.1) is 18.3 Å². The van der Waals surface area contributed by atoms with Gasteiger partial charge in [-0.25, -0.2) is 4.98 Å². The van der Waals surface area contributed by atoms with E-state index < -0.39 is 5.60 Å². The first kappa shape index (κ1) is 23.3. The average Bonchev–Trinajstić information content (AvgIpc) is 3.48. The normalized spacial score (nSPS) is 14.3. The second-order valence-corrected chi connectivity index (χ2v) is 10.7. The first-order chi connectivity index (χ1) is 16.8. The number of nitriles is 1. The zero-order valence-corrected chi connectivity index (χ0v) is 21.1. The summed E-state index contributed by atoms with van der Waals surface area (Å²) in [5.41, 5.74) is 4.48. The molecular weight excluding hydrogens is 482 g/mol. The predicted molar refractivity (Wildman–Crippen MR) is 136 cm³/mol. The molecule has 0 bridgehead atoms. The molecule has 1 aliphatic heterocycles. The van der Waals surface area contributed by atoms with Crippen LogP contribution in [0.25, 0.3) is 5.65 Å². The van der Waals surface area contributed by atoms with E-state index in [1.54, 1.807) is 11.6 Å². The molecule has 0 fully saturated rings. The highest BCUT2D eigenvalue weighted by Gasteiger charge is 2.33. The molecule has 5 rings (SSSR count). The fourth-order valence-corrected chi connectivity index (χ4v) is 5.26. The highest BCUT2D eigenvalue weighted by molar-refractivity contribution is 7.99. The standard InChI is InChI=1S/C24H23N7O2S2/c1-14-4-6-15(7-5-14)27-20-17(11-25)16-10-24(2,3)33-12-18(16)21-29-30-23(31(20)21)35-13-19(32)28-22-26-8-9-34-22/h4-9,27H,10,12-13H2,1-3H3,(H,26,28,32). The highest BCUT2D eigenvalue weighted by atomic mass is 32.2. The van der Waals surface area contributed by atoms with Crippen LogP contribution in [-0.2, 0) is 22.6 Å². The van der Waals surface area contributed by atoms with E-state index >= 15 is 0 Å². The van der Waals surface area contributed by atoms with Crippen LogP contribution in [0.5, 0.6) is 0 Å². The summed E-state index contributed by atoms with van der Waals surface area (Å²) in [7, 11) is 0. The number of carbonyl (C=O) groups excluding carboxylic acids is 1. The van der Waals surface area contributed by atoms with E-state index in [1.807, 2.05) is 49.4 Å². The van der Waals surface area contributed by atoms with Crippen LogP contribution >= 0.6 is 23.1 Å². The maximum absolute atomic E-state index is 12.5. The van der Waals surface area contributed by atoms with Gasteiger partial charge in [0, 0.05) is 29.2 Å². The smallest absolute Gasteiger partial charge is 0.236 e. The van der Waals surface area contributed by atoms with Gasteiger partial charge >= 0.3 is 0 Å². The van der Waals surface area contributed by atoms with E-state index in [0.29, 0.717) is 40.3 Å². The Morgan fingerprint density at radius 3 is 2.80 bits per heavy atom. The second kappa shape index (κ2) is 9.30. The van der Waals surface area contributed by atoms with Gasteiger partial charge in [0.15, 0.2) is 15.9 Å². The molecular formula is C24H23N7O2S2. The summed E-state index contributed by atoms with van der Waals surface area (Å²) < 4.78 is 7.87. The Hall–Kier alpha value is -3.46. The molecule has 0 spiro atoms. The molecule has 0 aliphatic carbocycles. The molecule has 0 saturated heterocycles. The van der Waals surface area contributed by atoms with Crippen molar-refractivity contribution in [2.24, 2.45) is 0 Å². The molecule has 0 atom stereocenters. The third-order valence-corrected chi connectivity index (χ3v) is 7.29. The summed E-state index contributed by atoms with van der Waals surface area (Å²) >= 11 is 2.60. The first-order valence-corrected chi connectivity index (χ1v) is 12.8. The second-order valence-electron chi connectivity index (χ2n) is 8.82. The summed E-state index contributed by atoms with van der Waals surface area (Å²) in [6.07, 6.45) is 2.22. The lowest BCUT2D eigenvalue weighted by molar-refractivity contribution is -0.113. The third-order valence-electron chi connectivity index (χ3n) is 5.68. The number of anilines is 3. The lowest BCUT2D eigenvalue weighted by Crippen LogP contribution is -2.33. The fraction of sp³-hybridized carbons (Fsp3) is 0.292. The summed E-state index contributed by atoms with van der Waals surface area (Å²) in [6, 6.07) is 10.3. The minimum atomic E-state index is -0.399. The molecule has 4 heterocycles. The number of fused-ring (bicyclic) bond motifs is 3. The van der Waals surface area contributed by atoms with Gasteiger partial charge in [0.05, 0.1) is 23.5 Å². The number of nitrogens with zero attached hydrogens (tertiary/aromatic N) is 5. The first-order valence-electron chi connectivity index (χ1n) is 11.0. The minimum Gasteiger partial charge on any atom is -0.370 e. The Bertz CT molecular complexity index is 1440. The number of hydrogen-bond donors (Lipinski definition) is 2. The molecule has 11 heteroatoms. The molecule has 3 aromatic heterocycles. The van der Waals surface area contributed by atoms with Gasteiger partial charge in [-0.05, 0) is 38.5 Å². The van der Waals surface area contributed by atoms with Gasteiger partial charge in [-0.3, -0.25) is 9.20 Å². The van der Waals surface area contributed by atoms with Gasteiger partial charge in [0.25, 0.3) is 0 Å². The minimum absolute atomic E-state index is 0.118. The zero-order chi connectivity index (χ0) is 24.6. The number of aromatic nitrogens is 4. The average molecular weight is 506 g/mol. The molecule has 0 unspecified atom stereocenters. The van der Waals surface area contributed by atoms with E-state index in [-0.39, 0.29) is 11.7 Å². The third kappa shape index (κ3) is 4.73. The molecule has 35 heavy (non-hydrogen) atoms. The topological polar surface area (TPSA) is 117 Å². The van der Waals surface area contributed by atoms with Crippen LogP contribution in [0.1, 0.15) is 36.1 Å². The van der Waals surface area contributed by atoms with Crippen LogP contribution in [0.2, 0.25) is 0 Å². The molecule has 178 valence electrons.